The fourth-order valence-electron chi connectivity index (χ4n) is 1.92. The number of carbonyl (C=O) groups excluding carboxylic acids is 1. The van der Waals surface area contributed by atoms with Crippen LogP contribution in [0.4, 0.5) is 0 Å². The van der Waals surface area contributed by atoms with Crippen molar-refractivity contribution in [2.45, 2.75) is 46.5 Å². The summed E-state index contributed by atoms with van der Waals surface area (Å²) >= 11 is 0. The average molecular weight is 248 g/mol. The lowest BCUT2D eigenvalue weighted by Crippen LogP contribution is -2.11. The van der Waals surface area contributed by atoms with Crippen molar-refractivity contribution in [3.8, 4) is 5.75 Å². The number of ketones is 1. The minimum Gasteiger partial charge on any atom is -0.493 e. The Morgan fingerprint density at radius 2 is 2.11 bits per heavy atom. The zero-order valence-corrected chi connectivity index (χ0v) is 11.7. The highest BCUT2D eigenvalue weighted by molar-refractivity contribution is 5.94. The molecule has 0 saturated carbocycles. The summed E-state index contributed by atoms with van der Waals surface area (Å²) in [5, 5.41) is 0. The number of rotatable bonds is 8. The smallest absolute Gasteiger partial charge is 0.159 e. The van der Waals surface area contributed by atoms with E-state index in [-0.39, 0.29) is 5.78 Å². The van der Waals surface area contributed by atoms with Crippen molar-refractivity contribution in [3.05, 3.63) is 29.8 Å². The molecule has 0 radical (unpaired) electrons. The van der Waals surface area contributed by atoms with E-state index in [9.17, 15) is 4.79 Å². The van der Waals surface area contributed by atoms with Crippen molar-refractivity contribution < 1.29 is 9.53 Å². The van der Waals surface area contributed by atoms with Crippen LogP contribution in [0.3, 0.4) is 0 Å². The van der Waals surface area contributed by atoms with Gasteiger partial charge in [0.2, 0.25) is 0 Å². The zero-order chi connectivity index (χ0) is 13.4. The molecule has 1 aromatic rings. The number of carbonyl (C=O) groups is 1. The highest BCUT2D eigenvalue weighted by atomic mass is 16.5. The minimum absolute atomic E-state index is 0.0819. The molecule has 0 N–H and O–H groups in total. The van der Waals surface area contributed by atoms with E-state index in [0.29, 0.717) is 11.5 Å². The highest BCUT2D eigenvalue weighted by Crippen LogP contribution is 2.18. The van der Waals surface area contributed by atoms with E-state index in [1.54, 1.807) is 6.92 Å². The maximum atomic E-state index is 11.3. The SMILES string of the molecule is CCCCC(CC)COc1cccc(C(C)=O)c1. The number of hydrogen-bond donors (Lipinski definition) is 0. The quantitative estimate of drug-likeness (QED) is 0.634. The third-order valence-corrected chi connectivity index (χ3v) is 3.27. The fourth-order valence-corrected chi connectivity index (χ4v) is 1.92. The van der Waals surface area contributed by atoms with Crippen LogP contribution in [0.5, 0.6) is 5.75 Å². The first-order valence-electron chi connectivity index (χ1n) is 6.91. The van der Waals surface area contributed by atoms with Crippen molar-refractivity contribution in [2.75, 3.05) is 6.61 Å². The van der Waals surface area contributed by atoms with Crippen LogP contribution in [0.2, 0.25) is 0 Å². The van der Waals surface area contributed by atoms with Crippen molar-refractivity contribution in [1.29, 1.82) is 0 Å². The van der Waals surface area contributed by atoms with Crippen LogP contribution in [-0.2, 0) is 0 Å². The number of Topliss-reactive ketones (excluding diaryl/α,β-unsaturated/α-hetero) is 1. The molecular weight excluding hydrogens is 224 g/mol. The summed E-state index contributed by atoms with van der Waals surface area (Å²) in [6.45, 7) is 6.74. The van der Waals surface area contributed by atoms with E-state index in [2.05, 4.69) is 13.8 Å². The van der Waals surface area contributed by atoms with Gasteiger partial charge < -0.3 is 4.74 Å². The second-order valence-corrected chi connectivity index (χ2v) is 4.81. The van der Waals surface area contributed by atoms with Gasteiger partial charge in [-0.2, -0.15) is 0 Å². The minimum atomic E-state index is 0.0819. The van der Waals surface area contributed by atoms with Crippen LogP contribution in [0.15, 0.2) is 24.3 Å². The van der Waals surface area contributed by atoms with Gasteiger partial charge >= 0.3 is 0 Å². The molecule has 1 rings (SSSR count). The van der Waals surface area contributed by atoms with E-state index in [1.165, 1.54) is 19.3 Å². The summed E-state index contributed by atoms with van der Waals surface area (Å²) < 4.78 is 5.79. The van der Waals surface area contributed by atoms with Gasteiger partial charge in [-0.1, -0.05) is 45.2 Å². The molecule has 0 fully saturated rings. The third kappa shape index (κ3) is 4.91. The average Bonchev–Trinajstić information content (AvgIpc) is 2.39. The second-order valence-electron chi connectivity index (χ2n) is 4.81. The van der Waals surface area contributed by atoms with Gasteiger partial charge in [0.1, 0.15) is 5.75 Å². The van der Waals surface area contributed by atoms with Crippen LogP contribution < -0.4 is 4.74 Å². The van der Waals surface area contributed by atoms with Crippen molar-refractivity contribution in [3.63, 3.8) is 0 Å². The Kier molecular flexibility index (Phi) is 6.48. The Labute approximate surface area is 110 Å². The summed E-state index contributed by atoms with van der Waals surface area (Å²) in [4.78, 5) is 11.3. The highest BCUT2D eigenvalue weighted by Gasteiger charge is 2.07. The molecule has 2 heteroatoms. The Morgan fingerprint density at radius 3 is 2.72 bits per heavy atom. The Balaban J connectivity index is 2.51. The summed E-state index contributed by atoms with van der Waals surface area (Å²) in [7, 11) is 0. The Morgan fingerprint density at radius 1 is 1.33 bits per heavy atom. The maximum absolute atomic E-state index is 11.3. The number of benzene rings is 1. The van der Waals surface area contributed by atoms with Gasteiger partial charge in [-0.05, 0) is 31.4 Å². The second kappa shape index (κ2) is 7.91. The molecule has 0 spiro atoms. The van der Waals surface area contributed by atoms with Gasteiger partial charge in [0, 0.05) is 5.56 Å². The zero-order valence-electron chi connectivity index (χ0n) is 11.7. The summed E-state index contributed by atoms with van der Waals surface area (Å²) in [6.07, 6.45) is 4.86. The van der Waals surface area contributed by atoms with E-state index < -0.39 is 0 Å². The van der Waals surface area contributed by atoms with Gasteiger partial charge in [0.15, 0.2) is 5.78 Å². The Bertz CT molecular complexity index is 371. The molecule has 0 aliphatic rings. The summed E-state index contributed by atoms with van der Waals surface area (Å²) in [5.74, 6) is 1.50. The molecule has 0 amide bonds. The molecule has 100 valence electrons. The van der Waals surface area contributed by atoms with Gasteiger partial charge in [-0.3, -0.25) is 4.79 Å². The molecule has 1 unspecified atom stereocenters. The maximum Gasteiger partial charge on any atom is 0.159 e. The summed E-state index contributed by atoms with van der Waals surface area (Å²) in [5.41, 5.74) is 0.717. The third-order valence-electron chi connectivity index (χ3n) is 3.27. The molecule has 1 atom stereocenters. The van der Waals surface area contributed by atoms with E-state index >= 15 is 0 Å². The molecule has 1 aromatic carbocycles. The monoisotopic (exact) mass is 248 g/mol. The first-order valence-corrected chi connectivity index (χ1v) is 6.91. The lowest BCUT2D eigenvalue weighted by Gasteiger charge is -2.15. The van der Waals surface area contributed by atoms with Crippen LogP contribution in [0, 0.1) is 5.92 Å². The van der Waals surface area contributed by atoms with Gasteiger partial charge in [0.25, 0.3) is 0 Å². The standard InChI is InChI=1S/C16H24O2/c1-4-6-8-14(5-2)12-18-16-10-7-9-15(11-16)13(3)17/h7,9-11,14H,4-6,8,12H2,1-3H3. The van der Waals surface area contributed by atoms with Gasteiger partial charge in [0.05, 0.1) is 6.61 Å². The lowest BCUT2D eigenvalue weighted by molar-refractivity contribution is 0.101. The Hall–Kier alpha value is -1.31. The molecule has 0 aromatic heterocycles. The summed E-state index contributed by atoms with van der Waals surface area (Å²) in [6, 6.07) is 7.44. The van der Waals surface area contributed by atoms with Gasteiger partial charge in [-0.15, -0.1) is 0 Å². The predicted octanol–water partition coefficient (Wildman–Crippen LogP) is 4.48. The normalized spacial score (nSPS) is 12.2. The number of hydrogen-bond acceptors (Lipinski definition) is 2. The van der Waals surface area contributed by atoms with Gasteiger partial charge in [-0.25, -0.2) is 0 Å². The van der Waals surface area contributed by atoms with Crippen molar-refractivity contribution in [2.24, 2.45) is 5.92 Å². The van der Waals surface area contributed by atoms with E-state index in [0.717, 1.165) is 18.8 Å². The largest absolute Gasteiger partial charge is 0.493 e. The first kappa shape index (κ1) is 14.7. The van der Waals surface area contributed by atoms with E-state index in [1.807, 2.05) is 24.3 Å². The van der Waals surface area contributed by atoms with Crippen LogP contribution >= 0.6 is 0 Å². The van der Waals surface area contributed by atoms with Crippen LogP contribution in [-0.4, -0.2) is 12.4 Å². The molecule has 18 heavy (non-hydrogen) atoms. The molecular formula is C16H24O2. The molecule has 0 aliphatic carbocycles. The molecule has 0 aliphatic heterocycles. The first-order chi connectivity index (χ1) is 8.67. The van der Waals surface area contributed by atoms with E-state index in [4.69, 9.17) is 4.74 Å². The molecule has 0 bridgehead atoms. The van der Waals surface area contributed by atoms with Crippen LogP contribution in [0.25, 0.3) is 0 Å². The molecule has 0 saturated heterocycles. The number of ether oxygens (including phenoxy) is 1. The van der Waals surface area contributed by atoms with Crippen molar-refractivity contribution in [1.82, 2.24) is 0 Å². The number of unbranched alkanes of at least 4 members (excludes halogenated alkanes) is 1. The fraction of sp³-hybridized carbons (Fsp3) is 0.562. The lowest BCUT2D eigenvalue weighted by atomic mass is 10.0. The molecule has 0 heterocycles. The molecule has 2 nitrogen and oxygen atoms in total. The topological polar surface area (TPSA) is 26.3 Å². The predicted molar refractivity (Wildman–Crippen MR) is 75.2 cm³/mol. The van der Waals surface area contributed by atoms with Crippen molar-refractivity contribution >= 4 is 5.78 Å². The van der Waals surface area contributed by atoms with Crippen LogP contribution in [0.1, 0.15) is 56.8 Å².